The van der Waals surface area contributed by atoms with Crippen LogP contribution in [0, 0.1) is 0 Å². The van der Waals surface area contributed by atoms with Crippen molar-refractivity contribution in [2.24, 2.45) is 0 Å². The number of amides is 2. The minimum absolute atomic E-state index is 0.139. The summed E-state index contributed by atoms with van der Waals surface area (Å²) in [6.07, 6.45) is 3.54. The third kappa shape index (κ3) is 4.58. The standard InChI is InChI=1S/C24H28N2O4/c1-17(18-10-11-21-19(16-18)6-5-14-29-21)25-24(28)20-7-2-3-8-22(20)30-15-13-26-12-4-9-23(26)27/h2-3,7-8,10-11,16-17H,4-6,9,12-15H2,1H3,(H,25,28)/t17-/m0/s1. The molecule has 2 aromatic carbocycles. The second-order valence-electron chi connectivity index (χ2n) is 7.84. The van der Waals surface area contributed by atoms with Crippen LogP contribution in [0.3, 0.4) is 0 Å². The van der Waals surface area contributed by atoms with E-state index >= 15 is 0 Å². The molecule has 2 aromatic rings. The van der Waals surface area contributed by atoms with Crippen molar-refractivity contribution in [2.75, 3.05) is 26.3 Å². The highest BCUT2D eigenvalue weighted by atomic mass is 16.5. The van der Waals surface area contributed by atoms with E-state index in [4.69, 9.17) is 9.47 Å². The summed E-state index contributed by atoms with van der Waals surface area (Å²) in [6.45, 7) is 4.44. The first-order valence-electron chi connectivity index (χ1n) is 10.7. The zero-order valence-electron chi connectivity index (χ0n) is 17.4. The lowest BCUT2D eigenvalue weighted by Gasteiger charge is -2.21. The van der Waals surface area contributed by atoms with Crippen molar-refractivity contribution >= 4 is 11.8 Å². The van der Waals surface area contributed by atoms with E-state index < -0.39 is 0 Å². The third-order valence-corrected chi connectivity index (χ3v) is 5.70. The maximum absolute atomic E-state index is 12.9. The molecule has 0 aromatic heterocycles. The summed E-state index contributed by atoms with van der Waals surface area (Å²) in [5, 5.41) is 3.07. The maximum Gasteiger partial charge on any atom is 0.255 e. The van der Waals surface area contributed by atoms with Crippen molar-refractivity contribution < 1.29 is 19.1 Å². The molecule has 2 heterocycles. The van der Waals surface area contributed by atoms with Crippen LogP contribution in [0.2, 0.25) is 0 Å². The average Bonchev–Trinajstić information content (AvgIpc) is 3.18. The number of likely N-dealkylation sites (tertiary alicyclic amines) is 1. The Labute approximate surface area is 177 Å². The second kappa shape index (κ2) is 9.20. The van der Waals surface area contributed by atoms with Crippen LogP contribution < -0.4 is 14.8 Å². The van der Waals surface area contributed by atoms with Crippen molar-refractivity contribution in [1.82, 2.24) is 10.2 Å². The smallest absolute Gasteiger partial charge is 0.255 e. The minimum atomic E-state index is -0.177. The molecule has 0 spiro atoms. The topological polar surface area (TPSA) is 67.9 Å². The summed E-state index contributed by atoms with van der Waals surface area (Å²) >= 11 is 0. The summed E-state index contributed by atoms with van der Waals surface area (Å²) in [7, 11) is 0. The molecule has 2 aliphatic rings. The van der Waals surface area contributed by atoms with Crippen LogP contribution in [0.15, 0.2) is 42.5 Å². The van der Waals surface area contributed by atoms with Gasteiger partial charge in [0, 0.05) is 13.0 Å². The van der Waals surface area contributed by atoms with Crippen LogP contribution >= 0.6 is 0 Å². The van der Waals surface area contributed by atoms with Gasteiger partial charge in [0.05, 0.1) is 24.8 Å². The van der Waals surface area contributed by atoms with Crippen LogP contribution in [0.25, 0.3) is 0 Å². The number of hydrogen-bond donors (Lipinski definition) is 1. The van der Waals surface area contributed by atoms with Crippen LogP contribution in [-0.2, 0) is 11.2 Å². The molecular weight excluding hydrogens is 380 g/mol. The van der Waals surface area contributed by atoms with Gasteiger partial charge < -0.3 is 19.7 Å². The van der Waals surface area contributed by atoms with Gasteiger partial charge >= 0.3 is 0 Å². The van der Waals surface area contributed by atoms with Gasteiger partial charge in [-0.1, -0.05) is 24.3 Å². The molecule has 6 heteroatoms. The lowest BCUT2D eigenvalue weighted by Crippen LogP contribution is -2.30. The Balaban J connectivity index is 1.39. The summed E-state index contributed by atoms with van der Waals surface area (Å²) < 4.78 is 11.5. The van der Waals surface area contributed by atoms with Crippen LogP contribution in [0.4, 0.5) is 0 Å². The number of ether oxygens (including phenoxy) is 2. The molecule has 1 atom stereocenters. The monoisotopic (exact) mass is 408 g/mol. The Morgan fingerprint density at radius 2 is 2.07 bits per heavy atom. The number of nitrogens with zero attached hydrogens (tertiary/aromatic N) is 1. The molecule has 2 amide bonds. The molecule has 6 nitrogen and oxygen atoms in total. The van der Waals surface area contributed by atoms with E-state index in [2.05, 4.69) is 11.4 Å². The highest BCUT2D eigenvalue weighted by molar-refractivity contribution is 5.97. The normalized spacial score (nSPS) is 16.6. The zero-order valence-corrected chi connectivity index (χ0v) is 17.4. The van der Waals surface area contributed by atoms with E-state index in [9.17, 15) is 9.59 Å². The number of aryl methyl sites for hydroxylation is 1. The van der Waals surface area contributed by atoms with Gasteiger partial charge in [-0.25, -0.2) is 0 Å². The van der Waals surface area contributed by atoms with E-state index in [1.54, 1.807) is 12.1 Å². The molecule has 0 radical (unpaired) electrons. The summed E-state index contributed by atoms with van der Waals surface area (Å²) in [6, 6.07) is 13.2. The highest BCUT2D eigenvalue weighted by Crippen LogP contribution is 2.28. The first kappa shape index (κ1) is 20.3. The van der Waals surface area contributed by atoms with Gasteiger partial charge in [-0.2, -0.15) is 0 Å². The van der Waals surface area contributed by atoms with Crippen molar-refractivity contribution in [3.8, 4) is 11.5 Å². The molecule has 30 heavy (non-hydrogen) atoms. The number of benzene rings is 2. The molecule has 1 N–H and O–H groups in total. The summed E-state index contributed by atoms with van der Waals surface area (Å²) in [5.41, 5.74) is 2.75. The second-order valence-corrected chi connectivity index (χ2v) is 7.84. The van der Waals surface area contributed by atoms with E-state index in [-0.39, 0.29) is 17.9 Å². The first-order valence-corrected chi connectivity index (χ1v) is 10.7. The van der Waals surface area contributed by atoms with Crippen molar-refractivity contribution in [1.29, 1.82) is 0 Å². The number of carbonyl (C=O) groups is 2. The van der Waals surface area contributed by atoms with Gasteiger partial charge in [-0.15, -0.1) is 0 Å². The third-order valence-electron chi connectivity index (χ3n) is 5.70. The summed E-state index contributed by atoms with van der Waals surface area (Å²) in [5.74, 6) is 1.48. The fourth-order valence-corrected chi connectivity index (χ4v) is 3.99. The minimum Gasteiger partial charge on any atom is -0.493 e. The lowest BCUT2D eigenvalue weighted by molar-refractivity contribution is -0.128. The molecule has 0 unspecified atom stereocenters. The van der Waals surface area contributed by atoms with Crippen LogP contribution in [0.5, 0.6) is 11.5 Å². The highest BCUT2D eigenvalue weighted by Gasteiger charge is 2.21. The predicted molar refractivity (Wildman–Crippen MR) is 114 cm³/mol. The Morgan fingerprint density at radius 3 is 2.90 bits per heavy atom. The molecule has 4 rings (SSSR count). The largest absolute Gasteiger partial charge is 0.493 e. The molecule has 0 aliphatic carbocycles. The first-order chi connectivity index (χ1) is 14.6. The van der Waals surface area contributed by atoms with Gasteiger partial charge in [0.1, 0.15) is 18.1 Å². The van der Waals surface area contributed by atoms with Crippen molar-refractivity contribution in [2.45, 2.75) is 38.6 Å². The fourth-order valence-electron chi connectivity index (χ4n) is 3.99. The fraction of sp³-hybridized carbons (Fsp3) is 0.417. The molecule has 1 saturated heterocycles. The number of rotatable bonds is 7. The summed E-state index contributed by atoms with van der Waals surface area (Å²) in [4.78, 5) is 26.5. The predicted octanol–water partition coefficient (Wildman–Crippen LogP) is 3.50. The quantitative estimate of drug-likeness (QED) is 0.761. The Morgan fingerprint density at radius 1 is 1.20 bits per heavy atom. The molecular formula is C24H28N2O4. The van der Waals surface area contributed by atoms with E-state index in [0.717, 1.165) is 43.7 Å². The van der Waals surface area contributed by atoms with Gasteiger partial charge in [0.25, 0.3) is 5.91 Å². The SMILES string of the molecule is C[C@H](NC(=O)c1ccccc1OCCN1CCCC1=O)c1ccc2c(c1)CCCO2. The Kier molecular flexibility index (Phi) is 6.21. The van der Waals surface area contributed by atoms with Crippen molar-refractivity contribution in [3.63, 3.8) is 0 Å². The molecule has 0 saturated carbocycles. The molecule has 2 aliphatic heterocycles. The Bertz CT molecular complexity index is 927. The molecule has 158 valence electrons. The molecule has 0 bridgehead atoms. The number of nitrogens with one attached hydrogen (secondary N) is 1. The maximum atomic E-state index is 12.9. The van der Waals surface area contributed by atoms with Gasteiger partial charge in [0.2, 0.25) is 5.91 Å². The van der Waals surface area contributed by atoms with E-state index in [0.29, 0.717) is 30.9 Å². The average molecular weight is 408 g/mol. The van der Waals surface area contributed by atoms with E-state index in [1.807, 2.05) is 36.1 Å². The van der Waals surface area contributed by atoms with Gasteiger partial charge in [-0.3, -0.25) is 9.59 Å². The molecule has 1 fully saturated rings. The number of hydrogen-bond acceptors (Lipinski definition) is 4. The van der Waals surface area contributed by atoms with Gasteiger partial charge in [0.15, 0.2) is 0 Å². The van der Waals surface area contributed by atoms with Crippen molar-refractivity contribution in [3.05, 3.63) is 59.2 Å². The van der Waals surface area contributed by atoms with Crippen LogP contribution in [0.1, 0.15) is 53.7 Å². The Hall–Kier alpha value is -3.02. The van der Waals surface area contributed by atoms with Crippen LogP contribution in [-0.4, -0.2) is 43.0 Å². The lowest BCUT2D eigenvalue weighted by atomic mass is 10.00. The van der Waals surface area contributed by atoms with Gasteiger partial charge in [-0.05, 0) is 55.5 Å². The number of carbonyl (C=O) groups excluding carboxylic acids is 2. The number of para-hydroxylation sites is 1. The van der Waals surface area contributed by atoms with E-state index in [1.165, 1.54) is 5.56 Å². The number of fused-ring (bicyclic) bond motifs is 1. The zero-order chi connectivity index (χ0) is 20.9.